The number of aromatic nitrogens is 3. The Morgan fingerprint density at radius 3 is 1.61 bits per heavy atom. The van der Waals surface area contributed by atoms with E-state index in [-0.39, 0.29) is 0 Å². The third-order valence-corrected chi connectivity index (χ3v) is 11.3. The largest absolute Gasteiger partial charge is 0.307 e. The number of hydrogen-bond donors (Lipinski definition) is 0. The second-order valence-electron chi connectivity index (χ2n) is 12.7. The van der Waals surface area contributed by atoms with E-state index >= 15 is 0 Å². The molecule has 0 N–H and O–H groups in total. The molecular formula is C45H27N3S. The topological polar surface area (TPSA) is 22.8 Å². The molecule has 0 saturated carbocycles. The highest BCUT2D eigenvalue weighted by atomic mass is 32.1. The summed E-state index contributed by atoms with van der Waals surface area (Å²) in [6, 6.07) is 59.3. The molecule has 0 radical (unpaired) electrons. The van der Waals surface area contributed by atoms with Crippen LogP contribution in [0.1, 0.15) is 0 Å². The van der Waals surface area contributed by atoms with E-state index in [0.29, 0.717) is 0 Å². The van der Waals surface area contributed by atoms with Crippen molar-refractivity contribution in [1.82, 2.24) is 14.1 Å². The van der Waals surface area contributed by atoms with Gasteiger partial charge >= 0.3 is 0 Å². The summed E-state index contributed by atoms with van der Waals surface area (Å²) in [5, 5.41) is 7.41. The third kappa shape index (κ3) is 3.75. The summed E-state index contributed by atoms with van der Waals surface area (Å²) in [7, 11) is 0. The van der Waals surface area contributed by atoms with Crippen LogP contribution in [0.4, 0.5) is 0 Å². The van der Waals surface area contributed by atoms with E-state index in [1.165, 1.54) is 74.9 Å². The minimum atomic E-state index is 1.02. The molecule has 11 aromatic rings. The van der Waals surface area contributed by atoms with Gasteiger partial charge in [-0.05, 0) is 54.1 Å². The Morgan fingerprint density at radius 2 is 0.939 bits per heavy atom. The zero-order valence-corrected chi connectivity index (χ0v) is 27.2. The van der Waals surface area contributed by atoms with Crippen molar-refractivity contribution >= 4 is 86.2 Å². The Bertz CT molecular complexity index is 3090. The van der Waals surface area contributed by atoms with E-state index in [0.717, 1.165) is 22.4 Å². The first-order chi connectivity index (χ1) is 24.3. The molecule has 4 heterocycles. The smallest absolute Gasteiger partial charge is 0.0902 e. The van der Waals surface area contributed by atoms with Crippen molar-refractivity contribution in [2.45, 2.75) is 0 Å². The van der Waals surface area contributed by atoms with Crippen LogP contribution in [-0.4, -0.2) is 14.1 Å². The maximum Gasteiger partial charge on any atom is 0.0902 e. The minimum absolute atomic E-state index is 1.02. The molecule has 0 atom stereocenters. The predicted octanol–water partition coefficient (Wildman–Crippen LogP) is 12.5. The summed E-state index contributed by atoms with van der Waals surface area (Å²) in [4.78, 5) is 5.16. The van der Waals surface area contributed by atoms with E-state index in [9.17, 15) is 0 Å². The van der Waals surface area contributed by atoms with Gasteiger partial charge in [0, 0.05) is 54.0 Å². The van der Waals surface area contributed by atoms with E-state index in [1.54, 1.807) is 0 Å². The van der Waals surface area contributed by atoms with Crippen molar-refractivity contribution in [1.29, 1.82) is 0 Å². The lowest BCUT2D eigenvalue weighted by Gasteiger charge is -2.14. The van der Waals surface area contributed by atoms with Gasteiger partial charge in [0.25, 0.3) is 0 Å². The molecule has 0 aliphatic carbocycles. The number of fused-ring (bicyclic) bond motifs is 11. The van der Waals surface area contributed by atoms with Crippen molar-refractivity contribution < 1.29 is 0 Å². The van der Waals surface area contributed by atoms with Gasteiger partial charge in [0.15, 0.2) is 0 Å². The van der Waals surface area contributed by atoms with Gasteiger partial charge in [-0.2, -0.15) is 0 Å². The van der Waals surface area contributed by atoms with Gasteiger partial charge < -0.3 is 9.13 Å². The van der Waals surface area contributed by atoms with Crippen molar-refractivity contribution in [3.05, 3.63) is 164 Å². The average molecular weight is 642 g/mol. The zero-order valence-electron chi connectivity index (χ0n) is 26.3. The Kier molecular flexibility index (Phi) is 5.54. The molecule has 0 spiro atoms. The fourth-order valence-electron chi connectivity index (χ4n) is 8.02. The fraction of sp³-hybridized carbons (Fsp3) is 0. The molecule has 228 valence electrons. The predicted molar refractivity (Wildman–Crippen MR) is 209 cm³/mol. The Morgan fingerprint density at radius 1 is 0.408 bits per heavy atom. The Balaban J connectivity index is 1.22. The van der Waals surface area contributed by atoms with Crippen LogP contribution in [0.25, 0.3) is 97.3 Å². The quantitative estimate of drug-likeness (QED) is 0.188. The second kappa shape index (κ2) is 10.1. The van der Waals surface area contributed by atoms with Crippen molar-refractivity contribution in [2.24, 2.45) is 0 Å². The molecule has 49 heavy (non-hydrogen) atoms. The van der Waals surface area contributed by atoms with Crippen LogP contribution < -0.4 is 0 Å². The molecule has 0 aliphatic rings. The van der Waals surface area contributed by atoms with Crippen molar-refractivity contribution in [2.75, 3.05) is 0 Å². The summed E-state index contributed by atoms with van der Waals surface area (Å²) in [5.74, 6) is 0. The van der Waals surface area contributed by atoms with Crippen LogP contribution in [0, 0.1) is 0 Å². The first-order valence-corrected chi connectivity index (χ1v) is 17.5. The third-order valence-electron chi connectivity index (χ3n) is 10.1. The molecule has 0 aliphatic heterocycles. The number of para-hydroxylation sites is 4. The number of hydrogen-bond acceptors (Lipinski definition) is 2. The Hall–Kier alpha value is -6.23. The Labute approximate surface area is 285 Å². The van der Waals surface area contributed by atoms with Crippen LogP contribution >= 0.6 is 11.3 Å². The van der Waals surface area contributed by atoms with Crippen LogP contribution in [0.15, 0.2) is 164 Å². The van der Waals surface area contributed by atoms with E-state index in [1.807, 2.05) is 11.3 Å². The highest BCUT2D eigenvalue weighted by Gasteiger charge is 2.21. The molecule has 11 rings (SSSR count). The molecule has 7 aromatic carbocycles. The summed E-state index contributed by atoms with van der Waals surface area (Å²) in [5.41, 5.74) is 11.7. The summed E-state index contributed by atoms with van der Waals surface area (Å²) >= 11 is 1.84. The molecule has 0 fully saturated rings. The monoisotopic (exact) mass is 641 g/mol. The molecule has 0 bridgehead atoms. The minimum Gasteiger partial charge on any atom is -0.307 e. The molecule has 0 amide bonds. The lowest BCUT2D eigenvalue weighted by atomic mass is 9.99. The molecule has 4 heteroatoms. The highest BCUT2D eigenvalue weighted by Crippen LogP contribution is 2.44. The number of pyridine rings is 1. The molecular weight excluding hydrogens is 615 g/mol. The van der Waals surface area contributed by atoms with E-state index in [2.05, 4.69) is 173 Å². The maximum absolute atomic E-state index is 5.16. The molecule has 4 aromatic heterocycles. The van der Waals surface area contributed by atoms with Crippen molar-refractivity contribution in [3.63, 3.8) is 0 Å². The number of thiophene rings is 1. The van der Waals surface area contributed by atoms with Gasteiger partial charge in [-0.25, -0.2) is 4.98 Å². The van der Waals surface area contributed by atoms with Crippen LogP contribution in [0.2, 0.25) is 0 Å². The van der Waals surface area contributed by atoms with Gasteiger partial charge in [0.05, 0.1) is 37.8 Å². The van der Waals surface area contributed by atoms with E-state index < -0.39 is 0 Å². The van der Waals surface area contributed by atoms with E-state index in [4.69, 9.17) is 4.98 Å². The molecule has 0 saturated heterocycles. The summed E-state index contributed by atoms with van der Waals surface area (Å²) in [6.45, 7) is 0. The first-order valence-electron chi connectivity index (χ1n) is 16.6. The van der Waals surface area contributed by atoms with Crippen LogP contribution in [-0.2, 0) is 0 Å². The standard InChI is InChI=1S/C45H27N3S/c1-2-12-29(13-3-1)47-38-19-9-5-14-31(38)33-26-27-34-32-15-6-10-20-39(32)48(44(34)43(33)47)30-24-22-28(23-25-30)41-35-16-4-8-18-37(35)46-42-36-17-7-11-21-40(36)49-45(41)42/h1-27H. The zero-order chi connectivity index (χ0) is 32.1. The van der Waals surface area contributed by atoms with Gasteiger partial charge in [-0.1, -0.05) is 115 Å². The van der Waals surface area contributed by atoms with Gasteiger partial charge in [-0.3, -0.25) is 0 Å². The molecule has 3 nitrogen and oxygen atoms in total. The fourth-order valence-corrected chi connectivity index (χ4v) is 9.24. The van der Waals surface area contributed by atoms with Crippen LogP contribution in [0.3, 0.4) is 0 Å². The summed E-state index contributed by atoms with van der Waals surface area (Å²) < 4.78 is 7.41. The van der Waals surface area contributed by atoms with Crippen molar-refractivity contribution in [3.8, 4) is 22.5 Å². The van der Waals surface area contributed by atoms with Crippen LogP contribution in [0.5, 0.6) is 0 Å². The van der Waals surface area contributed by atoms with Gasteiger partial charge in [0.1, 0.15) is 0 Å². The first kappa shape index (κ1) is 26.8. The second-order valence-corrected chi connectivity index (χ2v) is 13.8. The lowest BCUT2D eigenvalue weighted by molar-refractivity contribution is 1.15. The lowest BCUT2D eigenvalue weighted by Crippen LogP contribution is -1.98. The van der Waals surface area contributed by atoms with Gasteiger partial charge in [-0.15, -0.1) is 11.3 Å². The summed E-state index contributed by atoms with van der Waals surface area (Å²) in [6.07, 6.45) is 0. The number of nitrogens with zero attached hydrogens (tertiary/aromatic N) is 3. The SMILES string of the molecule is c1ccc(-n2c3ccccc3c3ccc4c5ccccc5n(-c5ccc(-c6c7ccccc7nc7c6sc6ccccc67)cc5)c4c32)cc1. The molecule has 0 unspecified atom stereocenters. The number of benzene rings is 7. The highest BCUT2D eigenvalue weighted by molar-refractivity contribution is 7.26. The average Bonchev–Trinajstić information content (AvgIpc) is 3.82. The maximum atomic E-state index is 5.16. The van der Waals surface area contributed by atoms with Gasteiger partial charge in [0.2, 0.25) is 0 Å². The normalized spacial score (nSPS) is 12.1. The number of rotatable bonds is 3.